The van der Waals surface area contributed by atoms with Crippen molar-refractivity contribution in [1.82, 2.24) is 25.7 Å². The number of aliphatic imine (C=N–C) groups is 1. The molecular formula is C20H27ClN6O2. The van der Waals surface area contributed by atoms with Gasteiger partial charge in [0.1, 0.15) is 6.54 Å². The Hall–Kier alpha value is -2.61. The Morgan fingerprint density at radius 3 is 2.86 bits per heavy atom. The fourth-order valence-corrected chi connectivity index (χ4v) is 3.54. The molecule has 1 aromatic carbocycles. The van der Waals surface area contributed by atoms with Gasteiger partial charge in [-0.15, -0.1) is 0 Å². The molecule has 0 atom stereocenters. The summed E-state index contributed by atoms with van der Waals surface area (Å²) in [7, 11) is 1.68. The molecule has 0 bridgehead atoms. The summed E-state index contributed by atoms with van der Waals surface area (Å²) in [5.41, 5.74) is 0.807. The number of likely N-dealkylation sites (tertiary alicyclic amines) is 1. The number of aromatic nitrogens is 2. The Bertz CT molecular complexity index is 845. The second kappa shape index (κ2) is 10.2. The summed E-state index contributed by atoms with van der Waals surface area (Å²) in [6.07, 6.45) is 2.53. The molecule has 8 nitrogen and oxygen atoms in total. The van der Waals surface area contributed by atoms with E-state index >= 15 is 0 Å². The third-order valence-corrected chi connectivity index (χ3v) is 5.15. The Labute approximate surface area is 175 Å². The average Bonchev–Trinajstić information content (AvgIpc) is 3.21. The number of hydrogen-bond acceptors (Lipinski definition) is 5. The molecule has 1 fully saturated rings. The number of nitrogens with one attached hydrogen (secondary N) is 2. The van der Waals surface area contributed by atoms with E-state index in [1.807, 2.05) is 19.1 Å². The Kier molecular flexibility index (Phi) is 7.46. The van der Waals surface area contributed by atoms with Crippen LogP contribution >= 0.6 is 11.6 Å². The fraction of sp³-hybridized carbons (Fsp3) is 0.500. The molecule has 0 unspecified atom stereocenters. The molecule has 0 aliphatic carbocycles. The van der Waals surface area contributed by atoms with Crippen LogP contribution in [0, 0.1) is 5.92 Å². The van der Waals surface area contributed by atoms with Gasteiger partial charge in [-0.05, 0) is 37.8 Å². The molecule has 2 heterocycles. The second-order valence-corrected chi connectivity index (χ2v) is 7.44. The van der Waals surface area contributed by atoms with Crippen LogP contribution in [0.25, 0.3) is 11.4 Å². The van der Waals surface area contributed by atoms with E-state index in [9.17, 15) is 4.79 Å². The minimum absolute atomic E-state index is 0.107. The molecule has 3 rings (SSSR count). The molecule has 1 aliphatic heterocycles. The van der Waals surface area contributed by atoms with E-state index in [4.69, 9.17) is 16.1 Å². The van der Waals surface area contributed by atoms with E-state index in [-0.39, 0.29) is 5.91 Å². The van der Waals surface area contributed by atoms with E-state index in [1.54, 1.807) is 19.2 Å². The summed E-state index contributed by atoms with van der Waals surface area (Å²) in [4.78, 5) is 22.9. The first kappa shape index (κ1) is 21.1. The summed E-state index contributed by atoms with van der Waals surface area (Å²) in [5.74, 6) is 2.30. The predicted octanol–water partition coefficient (Wildman–Crippen LogP) is 2.70. The Balaban J connectivity index is 1.61. The van der Waals surface area contributed by atoms with Crippen LogP contribution in [0.3, 0.4) is 0 Å². The quantitative estimate of drug-likeness (QED) is 0.553. The monoisotopic (exact) mass is 418 g/mol. The van der Waals surface area contributed by atoms with E-state index in [0.717, 1.165) is 44.0 Å². The van der Waals surface area contributed by atoms with Gasteiger partial charge in [0.25, 0.3) is 0 Å². The highest BCUT2D eigenvalue weighted by Gasteiger charge is 2.23. The Morgan fingerprint density at radius 1 is 1.38 bits per heavy atom. The number of guanidine groups is 1. The van der Waals surface area contributed by atoms with Crippen LogP contribution in [0.1, 0.15) is 32.1 Å². The van der Waals surface area contributed by atoms with Crippen molar-refractivity contribution in [1.29, 1.82) is 0 Å². The number of benzene rings is 1. The van der Waals surface area contributed by atoms with Crippen LogP contribution in [0.2, 0.25) is 5.02 Å². The smallest absolute Gasteiger partial charge is 0.248 e. The van der Waals surface area contributed by atoms with Crippen LogP contribution in [0.15, 0.2) is 33.8 Å². The van der Waals surface area contributed by atoms with E-state index in [0.29, 0.717) is 35.6 Å². The van der Waals surface area contributed by atoms with Gasteiger partial charge >= 0.3 is 0 Å². The van der Waals surface area contributed by atoms with Crippen molar-refractivity contribution >= 4 is 23.5 Å². The maximum atomic E-state index is 11.6. The molecule has 0 saturated carbocycles. The number of amides is 1. The first-order valence-corrected chi connectivity index (χ1v) is 10.3. The minimum Gasteiger partial charge on any atom is -0.359 e. The summed E-state index contributed by atoms with van der Waals surface area (Å²) in [6.45, 7) is 4.84. The summed E-state index contributed by atoms with van der Waals surface area (Å²) < 4.78 is 5.35. The molecule has 2 aromatic rings. The number of carbonyl (C=O) groups excluding carboxylic acids is 1. The zero-order chi connectivity index (χ0) is 20.6. The normalized spacial score (nSPS) is 15.4. The lowest BCUT2D eigenvalue weighted by atomic mass is 9.93. The van der Waals surface area contributed by atoms with Gasteiger partial charge in [0.2, 0.25) is 17.6 Å². The third kappa shape index (κ3) is 5.93. The van der Waals surface area contributed by atoms with E-state index < -0.39 is 0 Å². The lowest BCUT2D eigenvalue weighted by molar-refractivity contribution is -0.121. The zero-order valence-electron chi connectivity index (χ0n) is 16.8. The molecule has 0 spiro atoms. The molecule has 0 radical (unpaired) electrons. The molecule has 156 valence electrons. The van der Waals surface area contributed by atoms with Gasteiger partial charge in [0.05, 0.1) is 0 Å². The number of nitrogens with zero attached hydrogens (tertiary/aromatic N) is 4. The molecule has 1 aliphatic rings. The van der Waals surface area contributed by atoms with Gasteiger partial charge < -0.3 is 20.1 Å². The van der Waals surface area contributed by atoms with Crippen molar-refractivity contribution < 1.29 is 9.32 Å². The topological polar surface area (TPSA) is 95.7 Å². The molecule has 2 N–H and O–H groups in total. The first-order chi connectivity index (χ1) is 14.1. The minimum atomic E-state index is 0.107. The highest BCUT2D eigenvalue weighted by atomic mass is 35.5. The lowest BCUT2D eigenvalue weighted by Gasteiger charge is -2.34. The maximum Gasteiger partial charge on any atom is 0.248 e. The van der Waals surface area contributed by atoms with Crippen LogP contribution < -0.4 is 10.6 Å². The highest BCUT2D eigenvalue weighted by Crippen LogP contribution is 2.21. The standard InChI is InChI=1S/C20H27ClN6O2/c1-3-23-20(27-9-7-14(8-10-27)11-17(28)22-2)24-13-18-25-19(26-29-18)15-5-4-6-16(21)12-15/h4-6,12,14H,3,7-11,13H2,1-2H3,(H,22,28)(H,23,24). The summed E-state index contributed by atoms with van der Waals surface area (Å²) >= 11 is 6.03. The van der Waals surface area contributed by atoms with Crippen molar-refractivity contribution in [3.8, 4) is 11.4 Å². The molecule has 29 heavy (non-hydrogen) atoms. The van der Waals surface area contributed by atoms with Gasteiger partial charge in [-0.3, -0.25) is 4.79 Å². The van der Waals surface area contributed by atoms with E-state index in [1.165, 1.54) is 0 Å². The maximum absolute atomic E-state index is 11.6. The largest absolute Gasteiger partial charge is 0.359 e. The Morgan fingerprint density at radius 2 is 2.17 bits per heavy atom. The summed E-state index contributed by atoms with van der Waals surface area (Å²) in [5, 5.41) is 10.7. The number of rotatable bonds is 6. The van der Waals surface area contributed by atoms with Gasteiger partial charge in [-0.1, -0.05) is 28.9 Å². The van der Waals surface area contributed by atoms with E-state index in [2.05, 4.69) is 30.7 Å². The van der Waals surface area contributed by atoms with Crippen LogP contribution in [0.5, 0.6) is 0 Å². The third-order valence-electron chi connectivity index (χ3n) is 4.92. The zero-order valence-corrected chi connectivity index (χ0v) is 17.6. The van der Waals surface area contributed by atoms with Crippen molar-refractivity contribution in [2.24, 2.45) is 10.9 Å². The number of halogens is 1. The SMILES string of the molecule is CCNC(=NCc1nc(-c2cccc(Cl)c2)no1)N1CCC(CC(=O)NC)CC1. The number of hydrogen-bond donors (Lipinski definition) is 2. The van der Waals surface area contributed by atoms with Gasteiger partial charge in [-0.25, -0.2) is 4.99 Å². The number of piperidine rings is 1. The molecule has 1 amide bonds. The molecule has 1 saturated heterocycles. The van der Waals surface area contributed by atoms with Crippen molar-refractivity contribution in [2.75, 3.05) is 26.7 Å². The first-order valence-electron chi connectivity index (χ1n) is 9.91. The van der Waals surface area contributed by atoms with Crippen LogP contribution in [-0.2, 0) is 11.3 Å². The van der Waals surface area contributed by atoms with Crippen LogP contribution in [0.4, 0.5) is 0 Å². The van der Waals surface area contributed by atoms with Crippen molar-refractivity contribution in [3.63, 3.8) is 0 Å². The molecule has 9 heteroatoms. The number of carbonyl (C=O) groups is 1. The average molecular weight is 419 g/mol. The second-order valence-electron chi connectivity index (χ2n) is 7.00. The van der Waals surface area contributed by atoms with Gasteiger partial charge in [0.15, 0.2) is 5.96 Å². The van der Waals surface area contributed by atoms with Crippen LogP contribution in [-0.4, -0.2) is 53.6 Å². The molecule has 1 aromatic heterocycles. The van der Waals surface area contributed by atoms with Crippen molar-refractivity contribution in [3.05, 3.63) is 35.2 Å². The van der Waals surface area contributed by atoms with Gasteiger partial charge in [-0.2, -0.15) is 4.98 Å². The summed E-state index contributed by atoms with van der Waals surface area (Å²) in [6, 6.07) is 7.34. The fourth-order valence-electron chi connectivity index (χ4n) is 3.35. The predicted molar refractivity (Wildman–Crippen MR) is 113 cm³/mol. The van der Waals surface area contributed by atoms with Crippen molar-refractivity contribution in [2.45, 2.75) is 32.7 Å². The lowest BCUT2D eigenvalue weighted by Crippen LogP contribution is -2.46. The van der Waals surface area contributed by atoms with Gasteiger partial charge in [0, 0.05) is 43.7 Å². The molecular weight excluding hydrogens is 392 g/mol. The highest BCUT2D eigenvalue weighted by molar-refractivity contribution is 6.30.